The van der Waals surface area contributed by atoms with Gasteiger partial charge >= 0.3 is 0 Å². The highest BCUT2D eigenvalue weighted by atomic mass is 32.2. The third kappa shape index (κ3) is 10.1. The summed E-state index contributed by atoms with van der Waals surface area (Å²) in [6, 6.07) is 40.7. The van der Waals surface area contributed by atoms with Gasteiger partial charge in [0.25, 0.3) is 23.4 Å². The molecular formula is C43H32N6O6S2. The predicted octanol–water partition coefficient (Wildman–Crippen LogP) is 8.97. The van der Waals surface area contributed by atoms with Crippen LogP contribution in [0, 0.1) is 28.4 Å². The third-order valence-corrected chi connectivity index (χ3v) is 10.8. The summed E-state index contributed by atoms with van der Waals surface area (Å²) < 4.78 is 0. The first kappa shape index (κ1) is 39.4. The Balaban J connectivity index is 1.23. The lowest BCUT2D eigenvalue weighted by Crippen LogP contribution is -2.30. The maximum Gasteiger partial charge on any atom is 0.272 e. The average Bonchev–Trinajstić information content (AvgIpc) is 3.54. The summed E-state index contributed by atoms with van der Waals surface area (Å²) in [6.45, 7) is 1.66. The topological polar surface area (TPSA) is 183 Å². The van der Waals surface area contributed by atoms with Gasteiger partial charge in [-0.1, -0.05) is 72.8 Å². The zero-order valence-corrected chi connectivity index (χ0v) is 31.7. The number of non-ortho nitro benzene ring substituents is 1. The highest BCUT2D eigenvalue weighted by molar-refractivity contribution is 8.00. The van der Waals surface area contributed by atoms with Crippen LogP contribution in [-0.4, -0.2) is 28.6 Å². The first-order valence-corrected chi connectivity index (χ1v) is 19.0. The minimum absolute atomic E-state index is 0.117. The van der Waals surface area contributed by atoms with Gasteiger partial charge in [0, 0.05) is 34.0 Å². The molecular weight excluding hydrogens is 761 g/mol. The van der Waals surface area contributed by atoms with Crippen LogP contribution in [0.25, 0.3) is 6.08 Å². The number of nitriles is 1. The predicted molar refractivity (Wildman–Crippen MR) is 222 cm³/mol. The van der Waals surface area contributed by atoms with Crippen LogP contribution in [-0.2, 0) is 9.59 Å². The lowest BCUT2D eigenvalue weighted by molar-refractivity contribution is -0.384. The molecule has 14 heteroatoms. The lowest BCUT2D eigenvalue weighted by Gasteiger charge is -2.17. The summed E-state index contributed by atoms with van der Waals surface area (Å²) in [4.78, 5) is 65.7. The second kappa shape index (κ2) is 18.3. The van der Waals surface area contributed by atoms with Crippen molar-refractivity contribution in [3.8, 4) is 6.07 Å². The van der Waals surface area contributed by atoms with Crippen LogP contribution in [0.1, 0.15) is 47.5 Å². The van der Waals surface area contributed by atoms with Crippen LogP contribution in [0.5, 0.6) is 0 Å². The molecule has 0 saturated heterocycles. The molecule has 1 heterocycles. The number of thiophene rings is 1. The normalized spacial score (nSPS) is 11.4. The number of thioether (sulfide) groups is 1. The van der Waals surface area contributed by atoms with Crippen molar-refractivity contribution in [2.45, 2.75) is 17.1 Å². The quantitative estimate of drug-likeness (QED) is 0.0387. The molecule has 0 aliphatic rings. The van der Waals surface area contributed by atoms with Gasteiger partial charge in [-0.15, -0.1) is 23.1 Å². The number of hydrogen-bond acceptors (Lipinski definition) is 9. The van der Waals surface area contributed by atoms with Gasteiger partial charge in [-0.2, -0.15) is 5.26 Å². The molecule has 0 aliphatic carbocycles. The van der Waals surface area contributed by atoms with Crippen molar-refractivity contribution in [2.75, 3.05) is 16.0 Å². The van der Waals surface area contributed by atoms with E-state index in [1.807, 2.05) is 12.1 Å². The molecule has 12 nitrogen and oxygen atoms in total. The molecule has 0 radical (unpaired) electrons. The molecule has 57 heavy (non-hydrogen) atoms. The van der Waals surface area contributed by atoms with Gasteiger partial charge in [0.2, 0.25) is 5.91 Å². The van der Waals surface area contributed by atoms with Gasteiger partial charge in [-0.3, -0.25) is 29.3 Å². The Morgan fingerprint density at radius 3 is 2.05 bits per heavy atom. The van der Waals surface area contributed by atoms with E-state index in [9.17, 15) is 34.6 Å². The molecule has 4 N–H and O–H groups in total. The molecule has 6 aromatic rings. The number of carbonyl (C=O) groups excluding carboxylic acids is 4. The van der Waals surface area contributed by atoms with Crippen molar-refractivity contribution in [1.82, 2.24) is 5.32 Å². The monoisotopic (exact) mass is 792 g/mol. The number of anilines is 3. The molecule has 0 aliphatic heterocycles. The van der Waals surface area contributed by atoms with Crippen molar-refractivity contribution in [2.24, 2.45) is 0 Å². The molecule has 0 fully saturated rings. The minimum atomic E-state index is -0.824. The number of hydrogen-bond donors (Lipinski definition) is 4. The molecule has 1 unspecified atom stereocenters. The Hall–Kier alpha value is -7.34. The minimum Gasteiger partial charge on any atom is -0.321 e. The second-order valence-corrected chi connectivity index (χ2v) is 14.5. The molecule has 6 rings (SSSR count). The summed E-state index contributed by atoms with van der Waals surface area (Å²) in [7, 11) is 0. The van der Waals surface area contributed by atoms with Gasteiger partial charge < -0.3 is 21.3 Å². The van der Waals surface area contributed by atoms with E-state index in [0.717, 1.165) is 11.3 Å². The van der Waals surface area contributed by atoms with Crippen LogP contribution in [0.15, 0.2) is 150 Å². The Morgan fingerprint density at radius 1 is 0.772 bits per heavy atom. The van der Waals surface area contributed by atoms with E-state index in [-0.39, 0.29) is 21.9 Å². The van der Waals surface area contributed by atoms with Gasteiger partial charge in [0.05, 0.1) is 15.4 Å². The number of amides is 4. The fourth-order valence-corrected chi connectivity index (χ4v) is 7.66. The van der Waals surface area contributed by atoms with Crippen molar-refractivity contribution >= 4 is 74.9 Å². The molecule has 0 spiro atoms. The highest BCUT2D eigenvalue weighted by Crippen LogP contribution is 2.39. The fourth-order valence-electron chi connectivity index (χ4n) is 5.52. The van der Waals surface area contributed by atoms with E-state index < -0.39 is 33.8 Å². The van der Waals surface area contributed by atoms with E-state index in [2.05, 4.69) is 27.3 Å². The molecule has 0 bridgehead atoms. The SMILES string of the molecule is Cc1c(C(=O)Nc2ccccc2)sc(NC(=O)C(Sc2cccc(NC(=O)/C(=C\c3ccc([N+](=O)[O-])cc3)NC(=O)c3ccccc3)c2)c2ccccc2)c1C#N. The van der Waals surface area contributed by atoms with E-state index >= 15 is 0 Å². The van der Waals surface area contributed by atoms with Gasteiger partial charge in [-0.05, 0) is 84.3 Å². The maximum absolute atomic E-state index is 14.1. The smallest absolute Gasteiger partial charge is 0.272 e. The van der Waals surface area contributed by atoms with Crippen LogP contribution in [0.3, 0.4) is 0 Å². The van der Waals surface area contributed by atoms with E-state index in [1.165, 1.54) is 42.1 Å². The summed E-state index contributed by atoms with van der Waals surface area (Å²) >= 11 is 2.22. The number of carbonyl (C=O) groups is 4. The number of benzene rings is 5. The number of nitrogens with zero attached hydrogens (tertiary/aromatic N) is 2. The Kier molecular flexibility index (Phi) is 12.7. The van der Waals surface area contributed by atoms with Crippen molar-refractivity contribution < 1.29 is 24.1 Å². The number of rotatable bonds is 13. The van der Waals surface area contributed by atoms with Crippen molar-refractivity contribution in [3.63, 3.8) is 0 Å². The molecule has 1 atom stereocenters. The molecule has 5 aromatic carbocycles. The van der Waals surface area contributed by atoms with E-state index in [4.69, 9.17) is 0 Å². The van der Waals surface area contributed by atoms with Gasteiger partial charge in [-0.25, -0.2) is 0 Å². The molecule has 1 aromatic heterocycles. The number of nitro groups is 1. The first-order valence-electron chi connectivity index (χ1n) is 17.3. The summed E-state index contributed by atoms with van der Waals surface area (Å²) in [5.74, 6) is -2.05. The number of nitro benzene ring substituents is 1. The lowest BCUT2D eigenvalue weighted by atomic mass is 10.1. The van der Waals surface area contributed by atoms with Gasteiger partial charge in [0.1, 0.15) is 22.0 Å². The number of nitrogens with one attached hydrogen (secondary N) is 4. The zero-order chi connectivity index (χ0) is 40.3. The van der Waals surface area contributed by atoms with Crippen molar-refractivity contribution in [3.05, 3.63) is 188 Å². The fraction of sp³-hybridized carbons (Fsp3) is 0.0465. The zero-order valence-electron chi connectivity index (χ0n) is 30.1. The van der Waals surface area contributed by atoms with Crippen LogP contribution >= 0.6 is 23.1 Å². The Morgan fingerprint density at radius 2 is 1.40 bits per heavy atom. The standard InChI is InChI=1S/C43H32N6O6S2/c1-27-35(26-44)43(57-37(27)41(52)45-31-16-9-4-10-17-31)48-42(53)38(29-12-5-2-6-13-29)56-34-19-11-18-32(25-34)46-40(51)36(47-39(50)30-14-7-3-8-15-30)24-28-20-22-33(23-21-28)49(54)55/h2-25,38H,1H3,(H,45,52)(H,46,51)(H,47,50)(H,48,53)/b36-24+. The largest absolute Gasteiger partial charge is 0.321 e. The summed E-state index contributed by atoms with van der Waals surface area (Å²) in [6.07, 6.45) is 1.41. The summed E-state index contributed by atoms with van der Waals surface area (Å²) in [5, 5.41) is 31.8. The van der Waals surface area contributed by atoms with E-state index in [1.54, 1.807) is 110 Å². The number of para-hydroxylation sites is 1. The van der Waals surface area contributed by atoms with Crippen molar-refractivity contribution in [1.29, 1.82) is 5.26 Å². The van der Waals surface area contributed by atoms with Crippen LogP contribution in [0.4, 0.5) is 22.1 Å². The highest BCUT2D eigenvalue weighted by Gasteiger charge is 2.27. The van der Waals surface area contributed by atoms with Gasteiger partial charge in [0.15, 0.2) is 0 Å². The molecule has 282 valence electrons. The molecule has 4 amide bonds. The van der Waals surface area contributed by atoms with Crippen LogP contribution in [0.2, 0.25) is 0 Å². The molecule has 0 saturated carbocycles. The van der Waals surface area contributed by atoms with E-state index in [0.29, 0.717) is 43.4 Å². The average molecular weight is 793 g/mol. The second-order valence-electron chi connectivity index (χ2n) is 12.3. The Bertz CT molecular complexity index is 2520. The van der Waals surface area contributed by atoms with Crippen LogP contribution < -0.4 is 21.3 Å². The first-order chi connectivity index (χ1) is 27.6. The third-order valence-electron chi connectivity index (χ3n) is 8.36. The Labute approximate surface area is 335 Å². The maximum atomic E-state index is 14.1. The summed E-state index contributed by atoms with van der Waals surface area (Å²) in [5.41, 5.74) is 2.75.